The molecule has 10 heteroatoms. The highest BCUT2D eigenvalue weighted by Gasteiger charge is 2.28. The van der Waals surface area contributed by atoms with E-state index in [2.05, 4.69) is 37.7 Å². The van der Waals surface area contributed by atoms with Crippen molar-refractivity contribution in [2.24, 2.45) is 10.8 Å². The Morgan fingerprint density at radius 2 is 1.29 bits per heavy atom. The molecule has 0 saturated heterocycles. The predicted octanol–water partition coefficient (Wildman–Crippen LogP) is 4.23. The number of rotatable bonds is 1. The van der Waals surface area contributed by atoms with E-state index >= 15 is 0 Å². The van der Waals surface area contributed by atoms with Gasteiger partial charge in [0.05, 0.1) is 26.7 Å². The fraction of sp³-hybridized carbons (Fsp3) is 0.429. The molecule has 2 aliphatic rings. The van der Waals surface area contributed by atoms with Crippen molar-refractivity contribution in [3.8, 4) is 0 Å². The number of nitrogens with zero attached hydrogens (tertiary/aromatic N) is 5. The molecule has 0 amide bonds. The van der Waals surface area contributed by atoms with Crippen LogP contribution in [-0.2, 0) is 25.9 Å². The number of nitrogens with two attached hydrogens (primary N) is 1. The van der Waals surface area contributed by atoms with Crippen LogP contribution in [0.1, 0.15) is 52.2 Å². The summed E-state index contributed by atoms with van der Waals surface area (Å²) in [4.78, 5) is 44.3. The van der Waals surface area contributed by atoms with E-state index in [1.807, 2.05) is 4.57 Å². The minimum atomic E-state index is -0.471. The maximum Gasteiger partial charge on any atom is 0.271 e. The van der Waals surface area contributed by atoms with Gasteiger partial charge in [0.25, 0.3) is 16.8 Å². The average Bonchev–Trinajstić information content (AvgIpc) is 2.85. The van der Waals surface area contributed by atoms with E-state index in [0.29, 0.717) is 34.0 Å². The van der Waals surface area contributed by atoms with Crippen LogP contribution in [0.3, 0.4) is 0 Å². The van der Waals surface area contributed by atoms with Gasteiger partial charge in [-0.05, 0) is 47.9 Å². The van der Waals surface area contributed by atoms with Gasteiger partial charge >= 0.3 is 0 Å². The van der Waals surface area contributed by atoms with Crippen LogP contribution in [0.5, 0.6) is 0 Å². The minimum absolute atomic E-state index is 0.0366. The van der Waals surface area contributed by atoms with Gasteiger partial charge in [-0.1, -0.05) is 27.7 Å². The van der Waals surface area contributed by atoms with E-state index in [0.717, 1.165) is 43.9 Å². The van der Waals surface area contributed by atoms with Gasteiger partial charge in [0, 0.05) is 43.8 Å². The molecular weight excluding hydrogens is 484 g/mol. The second-order valence-electron chi connectivity index (χ2n) is 11.9. The maximum absolute atomic E-state index is 12.5. The molecule has 6 rings (SSSR count). The Balaban J connectivity index is 0.000000156. The van der Waals surface area contributed by atoms with Crippen molar-refractivity contribution in [1.82, 2.24) is 19.1 Å². The highest BCUT2D eigenvalue weighted by atomic mass is 16.6. The number of hydrogen-bond acceptors (Lipinski definition) is 7. The first-order valence-electron chi connectivity index (χ1n) is 12.8. The van der Waals surface area contributed by atoms with Crippen LogP contribution in [0.2, 0.25) is 0 Å². The SMILES string of the molecule is CC1(C)CCc2nc3cc(N)ccc3c(=O)n2C1.CC1(C)CCc2nc3cc([N+](=O)[O-])ccc3c(=O)n2C1. The first-order chi connectivity index (χ1) is 17.8. The van der Waals surface area contributed by atoms with Gasteiger partial charge in [-0.2, -0.15) is 0 Å². The largest absolute Gasteiger partial charge is 0.399 e. The first-order valence-corrected chi connectivity index (χ1v) is 12.8. The summed E-state index contributed by atoms with van der Waals surface area (Å²) in [5, 5.41) is 11.9. The predicted molar refractivity (Wildman–Crippen MR) is 147 cm³/mol. The van der Waals surface area contributed by atoms with Gasteiger partial charge in [0.1, 0.15) is 11.6 Å². The molecule has 0 unspecified atom stereocenters. The monoisotopic (exact) mass is 516 g/mol. The quantitative estimate of drug-likeness (QED) is 0.227. The maximum atomic E-state index is 12.5. The minimum Gasteiger partial charge on any atom is -0.399 e. The van der Waals surface area contributed by atoms with E-state index < -0.39 is 4.92 Å². The van der Waals surface area contributed by atoms with Crippen LogP contribution in [0.15, 0.2) is 46.0 Å². The zero-order valence-corrected chi connectivity index (χ0v) is 22.2. The summed E-state index contributed by atoms with van der Waals surface area (Å²) < 4.78 is 3.53. The summed E-state index contributed by atoms with van der Waals surface area (Å²) in [6.45, 7) is 10.0. The summed E-state index contributed by atoms with van der Waals surface area (Å²) in [5.41, 5.74) is 7.68. The lowest BCUT2D eigenvalue weighted by molar-refractivity contribution is -0.384. The number of aromatic nitrogens is 4. The third-order valence-electron chi connectivity index (χ3n) is 7.51. The summed E-state index contributed by atoms with van der Waals surface area (Å²) in [5.74, 6) is 1.61. The molecule has 4 heterocycles. The zero-order valence-electron chi connectivity index (χ0n) is 22.2. The molecule has 2 aromatic heterocycles. The summed E-state index contributed by atoms with van der Waals surface area (Å²) in [6.07, 6.45) is 3.60. The normalized spacial score (nSPS) is 17.3. The second kappa shape index (κ2) is 9.04. The van der Waals surface area contributed by atoms with Crippen molar-refractivity contribution in [3.05, 3.63) is 78.9 Å². The van der Waals surface area contributed by atoms with E-state index in [1.165, 1.54) is 18.2 Å². The summed E-state index contributed by atoms with van der Waals surface area (Å²) in [7, 11) is 0. The number of benzene rings is 2. The van der Waals surface area contributed by atoms with Crippen molar-refractivity contribution < 1.29 is 4.92 Å². The molecule has 2 N–H and O–H groups in total. The molecule has 10 nitrogen and oxygen atoms in total. The zero-order chi connectivity index (χ0) is 27.4. The summed E-state index contributed by atoms with van der Waals surface area (Å²) >= 11 is 0. The molecule has 2 aromatic carbocycles. The lowest BCUT2D eigenvalue weighted by atomic mass is 9.85. The molecule has 0 bridgehead atoms. The molecule has 38 heavy (non-hydrogen) atoms. The van der Waals surface area contributed by atoms with Gasteiger partial charge in [-0.25, -0.2) is 9.97 Å². The average molecular weight is 517 g/mol. The fourth-order valence-corrected chi connectivity index (χ4v) is 5.28. The third kappa shape index (κ3) is 4.78. The van der Waals surface area contributed by atoms with Crippen LogP contribution >= 0.6 is 0 Å². The van der Waals surface area contributed by atoms with E-state index in [4.69, 9.17) is 5.73 Å². The Bertz CT molecular complexity index is 1720. The number of nitrogen functional groups attached to an aromatic ring is 1. The van der Waals surface area contributed by atoms with E-state index in [1.54, 1.807) is 22.8 Å². The Morgan fingerprint density at radius 1 is 0.816 bits per heavy atom. The molecule has 198 valence electrons. The number of nitro benzene ring substituents is 1. The van der Waals surface area contributed by atoms with Crippen LogP contribution in [-0.4, -0.2) is 24.0 Å². The van der Waals surface area contributed by atoms with Crippen LogP contribution in [0, 0.1) is 20.9 Å². The van der Waals surface area contributed by atoms with Crippen molar-refractivity contribution in [3.63, 3.8) is 0 Å². The van der Waals surface area contributed by atoms with Gasteiger partial charge in [-0.3, -0.25) is 28.8 Å². The van der Waals surface area contributed by atoms with Crippen molar-refractivity contribution >= 4 is 33.2 Å². The Labute approximate surface area is 219 Å². The summed E-state index contributed by atoms with van der Waals surface area (Å²) in [6, 6.07) is 9.53. The fourth-order valence-electron chi connectivity index (χ4n) is 5.28. The van der Waals surface area contributed by atoms with Crippen LogP contribution in [0.4, 0.5) is 11.4 Å². The van der Waals surface area contributed by atoms with Crippen molar-refractivity contribution in [2.45, 2.75) is 66.5 Å². The molecule has 0 spiro atoms. The van der Waals surface area contributed by atoms with Crippen molar-refractivity contribution in [2.75, 3.05) is 5.73 Å². The standard InChI is InChI=1S/C14H15N3O3.C14H17N3O/c1-14(2)6-5-12-15-11-7-9(17(19)20)3-4-10(11)13(18)16(12)8-14;1-14(2)6-5-12-16-11-7-9(15)3-4-10(11)13(18)17(12)8-14/h3-4,7H,5-6,8H2,1-2H3;3-4,7H,5-6,8,15H2,1-2H3. The van der Waals surface area contributed by atoms with E-state index in [-0.39, 0.29) is 27.6 Å². The highest BCUT2D eigenvalue weighted by Crippen LogP contribution is 2.31. The molecule has 0 radical (unpaired) electrons. The lowest BCUT2D eigenvalue weighted by Crippen LogP contribution is -2.36. The van der Waals surface area contributed by atoms with Gasteiger partial charge in [0.15, 0.2) is 0 Å². The molecular formula is C28H32N6O4. The number of non-ortho nitro benzene ring substituents is 1. The molecule has 0 aliphatic carbocycles. The topological polar surface area (TPSA) is 139 Å². The van der Waals surface area contributed by atoms with Gasteiger partial charge in [0.2, 0.25) is 0 Å². The molecule has 2 aliphatic heterocycles. The lowest BCUT2D eigenvalue weighted by Gasteiger charge is -2.31. The highest BCUT2D eigenvalue weighted by molar-refractivity contribution is 5.81. The van der Waals surface area contributed by atoms with Crippen molar-refractivity contribution in [1.29, 1.82) is 0 Å². The molecule has 4 aromatic rings. The Morgan fingerprint density at radius 3 is 1.79 bits per heavy atom. The third-order valence-corrected chi connectivity index (χ3v) is 7.51. The number of nitro groups is 1. The van der Waals surface area contributed by atoms with Crippen LogP contribution in [0.25, 0.3) is 21.8 Å². The van der Waals surface area contributed by atoms with Gasteiger partial charge < -0.3 is 5.73 Å². The van der Waals surface area contributed by atoms with Crippen LogP contribution < -0.4 is 16.9 Å². The smallest absolute Gasteiger partial charge is 0.271 e. The Kier molecular flexibility index (Phi) is 6.08. The number of hydrogen-bond donors (Lipinski definition) is 1. The second-order valence-corrected chi connectivity index (χ2v) is 11.9. The Hall–Kier alpha value is -4.08. The molecule has 0 atom stereocenters. The first kappa shape index (κ1) is 25.6. The number of anilines is 1. The molecule has 0 fully saturated rings. The molecule has 0 saturated carbocycles. The van der Waals surface area contributed by atoms with E-state index in [9.17, 15) is 19.7 Å². The number of aryl methyl sites for hydroxylation is 2. The van der Waals surface area contributed by atoms with Gasteiger partial charge in [-0.15, -0.1) is 0 Å². The number of fused-ring (bicyclic) bond motifs is 4.